The molecule has 0 unspecified atom stereocenters. The minimum absolute atomic E-state index is 0. The van der Waals surface area contributed by atoms with Gasteiger partial charge in [-0.3, -0.25) is 9.97 Å². The summed E-state index contributed by atoms with van der Waals surface area (Å²) in [6.45, 7) is 9.43. The molecule has 3 aromatic rings. The molecule has 0 bridgehead atoms. The van der Waals surface area contributed by atoms with E-state index in [1.807, 2.05) is 52.0 Å². The molecule has 9 heteroatoms. The third kappa shape index (κ3) is 5.82. The Morgan fingerprint density at radius 1 is 1.23 bits per heavy atom. The number of nitrogens with one attached hydrogen (secondary N) is 1. The first-order valence-electron chi connectivity index (χ1n) is 10.0. The number of aromatic amines is 1. The summed E-state index contributed by atoms with van der Waals surface area (Å²) in [6, 6.07) is 7.65. The summed E-state index contributed by atoms with van der Waals surface area (Å²) >= 11 is -1.33. The molecular formula is C22H28N3NaO4S. The molecule has 1 atom stereocenters. The van der Waals surface area contributed by atoms with E-state index in [0.717, 1.165) is 33.6 Å². The van der Waals surface area contributed by atoms with Crippen molar-refractivity contribution in [3.63, 3.8) is 0 Å². The number of imidazole rings is 1. The van der Waals surface area contributed by atoms with Gasteiger partial charge in [0.25, 0.3) is 0 Å². The number of hydrogen-bond acceptors (Lipinski definition) is 6. The average Bonchev–Trinajstić information content (AvgIpc) is 3.15. The second-order valence-electron chi connectivity index (χ2n) is 8.09. The zero-order valence-corrected chi connectivity index (χ0v) is 18.5. The van der Waals surface area contributed by atoms with Gasteiger partial charge in [0.15, 0.2) is 11.5 Å². The van der Waals surface area contributed by atoms with E-state index >= 15 is 0 Å². The Bertz CT molecular complexity index is 1000. The molecule has 2 aromatic heterocycles. The predicted octanol–water partition coefficient (Wildman–Crippen LogP) is 3.01. The predicted molar refractivity (Wildman–Crippen MR) is 122 cm³/mol. The molecule has 0 aliphatic carbocycles. The molecular weight excluding hydrogens is 425 g/mol. The van der Waals surface area contributed by atoms with Crippen molar-refractivity contribution in [1.82, 2.24) is 15.0 Å². The summed E-state index contributed by atoms with van der Waals surface area (Å²) in [6.07, 6.45) is 1.77. The van der Waals surface area contributed by atoms with E-state index < -0.39 is 17.0 Å². The van der Waals surface area contributed by atoms with Crippen LogP contribution in [0.2, 0.25) is 0 Å². The molecule has 1 saturated heterocycles. The summed E-state index contributed by atoms with van der Waals surface area (Å²) in [7, 11) is 0. The normalized spacial score (nSPS) is 17.3. The summed E-state index contributed by atoms with van der Waals surface area (Å²) < 4.78 is 30.5. The first-order chi connectivity index (χ1) is 14.3. The van der Waals surface area contributed by atoms with Crippen molar-refractivity contribution in [2.24, 2.45) is 5.92 Å². The van der Waals surface area contributed by atoms with E-state index in [9.17, 15) is 4.55 Å². The molecule has 1 aromatic carbocycles. The van der Waals surface area contributed by atoms with Gasteiger partial charge in [-0.15, -0.1) is 0 Å². The van der Waals surface area contributed by atoms with E-state index in [2.05, 4.69) is 15.0 Å². The maximum atomic E-state index is 12.9. The number of rotatable bonds is 6. The van der Waals surface area contributed by atoms with Crippen LogP contribution in [-0.2, 0) is 26.4 Å². The Hall–Kier alpha value is -1.13. The van der Waals surface area contributed by atoms with Gasteiger partial charge in [0, 0.05) is 34.4 Å². The number of nitrogens with zero attached hydrogens (tertiary/aromatic N) is 2. The molecule has 0 spiro atoms. The molecule has 1 fully saturated rings. The molecule has 0 saturated carbocycles. The van der Waals surface area contributed by atoms with Gasteiger partial charge in [-0.25, -0.2) is 0 Å². The Kier molecular flexibility index (Phi) is 8.07. The Morgan fingerprint density at radius 3 is 2.65 bits per heavy atom. The number of aryl methyl sites for hydroxylation is 1. The van der Waals surface area contributed by atoms with Crippen molar-refractivity contribution < 1.29 is 18.8 Å². The molecule has 7 nitrogen and oxygen atoms in total. The summed E-state index contributed by atoms with van der Waals surface area (Å²) in [5, 5.41) is 0.458. The molecule has 31 heavy (non-hydrogen) atoms. The number of aromatic nitrogens is 3. The van der Waals surface area contributed by atoms with Crippen LogP contribution in [0.15, 0.2) is 35.6 Å². The van der Waals surface area contributed by atoms with Crippen LogP contribution >= 0.6 is 0 Å². The van der Waals surface area contributed by atoms with Gasteiger partial charge in [0.1, 0.15) is 5.75 Å². The van der Waals surface area contributed by atoms with Crippen LogP contribution in [0.5, 0.6) is 5.75 Å². The van der Waals surface area contributed by atoms with Crippen molar-refractivity contribution in [3.05, 3.63) is 47.3 Å². The fourth-order valence-electron chi connectivity index (χ4n) is 3.38. The van der Waals surface area contributed by atoms with Gasteiger partial charge in [0.05, 0.1) is 36.5 Å². The third-order valence-corrected chi connectivity index (χ3v) is 6.35. The zero-order valence-electron chi connectivity index (χ0n) is 17.7. The van der Waals surface area contributed by atoms with Crippen LogP contribution in [0, 0.1) is 19.8 Å². The van der Waals surface area contributed by atoms with Crippen molar-refractivity contribution in [3.8, 4) is 5.75 Å². The Balaban J connectivity index is 0.00000272. The number of fused-ring (bicyclic) bond motifs is 1. The minimum atomic E-state index is -1.33. The van der Waals surface area contributed by atoms with E-state index in [1.165, 1.54) is 0 Å². The third-order valence-electron chi connectivity index (χ3n) is 5.19. The standard InChI is InChI=1S/C22H27N3O4S.Na.H/c1-14-9-23-19(13-30(26)21-24-17-7-5-6-8-18(17)25-21)15(2)20(14)27-10-16-11-28-22(3,4)29-12-16;;/h5-9,16H,10-13H2,1-4H3,(H,24,25);;/t30-;;/m0../s1. The molecule has 0 amide bonds. The van der Waals surface area contributed by atoms with Crippen LogP contribution in [-0.4, -0.2) is 74.7 Å². The second-order valence-corrected chi connectivity index (χ2v) is 9.46. The van der Waals surface area contributed by atoms with Crippen molar-refractivity contribution in [2.45, 2.75) is 44.4 Å². The van der Waals surface area contributed by atoms with Crippen molar-refractivity contribution >= 4 is 51.8 Å². The Labute approximate surface area is 207 Å². The van der Waals surface area contributed by atoms with Gasteiger partial charge in [-0.2, -0.15) is 4.98 Å². The first kappa shape index (κ1) is 24.5. The molecule has 1 N–H and O–H groups in total. The maximum absolute atomic E-state index is 12.9. The number of benzene rings is 1. The second kappa shape index (κ2) is 10.2. The monoisotopic (exact) mass is 453 g/mol. The van der Waals surface area contributed by atoms with Crippen LogP contribution in [0.4, 0.5) is 0 Å². The Morgan fingerprint density at radius 2 is 1.94 bits per heavy atom. The number of ether oxygens (including phenoxy) is 3. The number of pyridine rings is 1. The topological polar surface area (TPSA) is 92.3 Å². The molecule has 162 valence electrons. The number of para-hydroxylation sites is 2. The van der Waals surface area contributed by atoms with E-state index in [0.29, 0.717) is 25.0 Å². The molecule has 1 aliphatic rings. The van der Waals surface area contributed by atoms with Gasteiger partial charge < -0.3 is 18.8 Å². The summed E-state index contributed by atoms with van der Waals surface area (Å²) in [4.78, 5) is 12.1. The van der Waals surface area contributed by atoms with Gasteiger partial charge >= 0.3 is 34.7 Å². The number of H-pyrrole nitrogens is 1. The molecule has 0 radical (unpaired) electrons. The van der Waals surface area contributed by atoms with Crippen molar-refractivity contribution in [1.29, 1.82) is 0 Å². The fraction of sp³-hybridized carbons (Fsp3) is 0.455. The SMILES string of the molecule is Cc1cnc(C[S@+]([O-])c2nc3ccccc3[nH]2)c(C)c1OCC1COC(C)(C)OC1.[NaH]. The molecule has 4 rings (SSSR count). The van der Waals surface area contributed by atoms with E-state index in [-0.39, 0.29) is 41.2 Å². The van der Waals surface area contributed by atoms with Gasteiger partial charge in [-0.1, -0.05) is 12.1 Å². The van der Waals surface area contributed by atoms with Crippen LogP contribution in [0.25, 0.3) is 11.0 Å². The summed E-state index contributed by atoms with van der Waals surface area (Å²) in [5.41, 5.74) is 4.27. The van der Waals surface area contributed by atoms with E-state index in [4.69, 9.17) is 14.2 Å². The van der Waals surface area contributed by atoms with Crippen molar-refractivity contribution in [2.75, 3.05) is 19.8 Å². The summed E-state index contributed by atoms with van der Waals surface area (Å²) in [5.74, 6) is 0.684. The molecule has 1 aliphatic heterocycles. The van der Waals surface area contributed by atoms with Crippen LogP contribution in [0.3, 0.4) is 0 Å². The zero-order chi connectivity index (χ0) is 21.3. The van der Waals surface area contributed by atoms with Gasteiger partial charge in [-0.05, 0) is 39.8 Å². The fourth-order valence-corrected chi connectivity index (χ4v) is 4.48. The van der Waals surface area contributed by atoms with E-state index in [1.54, 1.807) is 6.20 Å². The molecule has 3 heterocycles. The number of hydrogen-bond donors (Lipinski definition) is 1. The quantitative estimate of drug-likeness (QED) is 0.456. The van der Waals surface area contributed by atoms with Crippen LogP contribution < -0.4 is 4.74 Å². The van der Waals surface area contributed by atoms with Gasteiger partial charge in [0.2, 0.25) is 0 Å². The first-order valence-corrected chi connectivity index (χ1v) is 11.3. The van der Waals surface area contributed by atoms with Crippen LogP contribution in [0.1, 0.15) is 30.7 Å². The average molecular weight is 454 g/mol.